The minimum atomic E-state index is 0. The molecule has 29 heavy (non-hydrogen) atoms. The zero-order valence-corrected chi connectivity index (χ0v) is 20.1. The Morgan fingerprint density at radius 3 is 2.90 bits per heavy atom. The molecule has 2 heterocycles. The van der Waals surface area contributed by atoms with Crippen LogP contribution in [0.3, 0.4) is 0 Å². The van der Waals surface area contributed by atoms with Crippen LogP contribution < -0.4 is 15.4 Å². The van der Waals surface area contributed by atoms with E-state index in [0.717, 1.165) is 37.4 Å². The molecule has 1 aliphatic heterocycles. The number of carbonyl (C=O) groups is 1. The van der Waals surface area contributed by atoms with Gasteiger partial charge in [-0.15, -0.1) is 35.3 Å². The molecule has 0 saturated heterocycles. The van der Waals surface area contributed by atoms with Crippen molar-refractivity contribution in [2.75, 3.05) is 26.7 Å². The van der Waals surface area contributed by atoms with Crippen molar-refractivity contribution in [2.24, 2.45) is 4.99 Å². The topological polar surface area (TPSA) is 66.0 Å². The number of carbonyl (C=O) groups excluding carboxylic acids is 1. The van der Waals surface area contributed by atoms with Crippen LogP contribution in [0.15, 0.2) is 40.7 Å². The summed E-state index contributed by atoms with van der Waals surface area (Å²) in [5.74, 6) is 1.72. The second kappa shape index (κ2) is 12.0. The summed E-state index contributed by atoms with van der Waals surface area (Å²) < 4.78 is 5.38. The van der Waals surface area contributed by atoms with Crippen LogP contribution >= 0.6 is 35.3 Å². The smallest absolute Gasteiger partial charge is 0.224 e. The second-order valence-corrected chi connectivity index (χ2v) is 7.62. The Morgan fingerprint density at radius 2 is 2.10 bits per heavy atom. The highest BCUT2D eigenvalue weighted by Gasteiger charge is 2.21. The Kier molecular flexibility index (Phi) is 9.72. The van der Waals surface area contributed by atoms with Crippen molar-refractivity contribution in [1.29, 1.82) is 0 Å². The fraction of sp³-hybridized carbons (Fsp3) is 0.429. The lowest BCUT2D eigenvalue weighted by molar-refractivity contribution is -0.131. The van der Waals surface area contributed by atoms with E-state index in [1.165, 1.54) is 10.4 Å². The van der Waals surface area contributed by atoms with Crippen LogP contribution in [0.2, 0.25) is 0 Å². The number of benzene rings is 1. The van der Waals surface area contributed by atoms with Gasteiger partial charge in [0.15, 0.2) is 5.96 Å². The number of rotatable bonds is 7. The fourth-order valence-corrected chi connectivity index (χ4v) is 4.14. The van der Waals surface area contributed by atoms with E-state index in [1.807, 2.05) is 36.1 Å². The number of amides is 1. The number of aliphatic imine (C=N–C) groups is 1. The fourth-order valence-electron chi connectivity index (χ4n) is 3.25. The van der Waals surface area contributed by atoms with Gasteiger partial charge in [-0.05, 0) is 36.4 Å². The predicted molar refractivity (Wildman–Crippen MR) is 129 cm³/mol. The monoisotopic (exact) mass is 528 g/mol. The van der Waals surface area contributed by atoms with Crippen LogP contribution in [-0.2, 0) is 24.3 Å². The highest BCUT2D eigenvalue weighted by atomic mass is 127. The molecule has 0 atom stereocenters. The Bertz CT molecular complexity index is 825. The van der Waals surface area contributed by atoms with Crippen molar-refractivity contribution < 1.29 is 9.53 Å². The number of thiophene rings is 1. The summed E-state index contributed by atoms with van der Waals surface area (Å²) in [4.78, 5) is 20.5. The summed E-state index contributed by atoms with van der Waals surface area (Å²) in [6, 6.07) is 9.99. The van der Waals surface area contributed by atoms with Crippen molar-refractivity contribution in [1.82, 2.24) is 15.5 Å². The summed E-state index contributed by atoms with van der Waals surface area (Å²) in [7, 11) is 1.66. The number of hydrogen-bond acceptors (Lipinski definition) is 4. The third-order valence-electron chi connectivity index (χ3n) is 4.74. The number of guanidine groups is 1. The largest absolute Gasteiger partial charge is 0.496 e. The van der Waals surface area contributed by atoms with E-state index in [1.54, 1.807) is 18.4 Å². The molecular formula is C21H29IN4O2S. The van der Waals surface area contributed by atoms with Gasteiger partial charge in [-0.1, -0.05) is 18.2 Å². The summed E-state index contributed by atoms with van der Waals surface area (Å²) in [5.41, 5.74) is 2.32. The molecule has 1 aromatic heterocycles. The third-order valence-corrected chi connectivity index (χ3v) is 5.76. The van der Waals surface area contributed by atoms with Gasteiger partial charge in [0.05, 0.1) is 13.7 Å². The maximum absolute atomic E-state index is 12.5. The number of halogens is 1. The van der Waals surface area contributed by atoms with Gasteiger partial charge in [-0.3, -0.25) is 4.79 Å². The molecule has 0 unspecified atom stereocenters. The lowest BCUT2D eigenvalue weighted by Crippen LogP contribution is -2.41. The summed E-state index contributed by atoms with van der Waals surface area (Å²) >= 11 is 1.79. The highest BCUT2D eigenvalue weighted by molar-refractivity contribution is 14.0. The first-order valence-electron chi connectivity index (χ1n) is 9.68. The van der Waals surface area contributed by atoms with Gasteiger partial charge in [0.2, 0.25) is 5.91 Å². The van der Waals surface area contributed by atoms with Crippen molar-refractivity contribution >= 4 is 47.2 Å². The maximum Gasteiger partial charge on any atom is 0.224 e. The average molecular weight is 528 g/mol. The Hall–Kier alpha value is -1.81. The van der Waals surface area contributed by atoms with E-state index in [-0.39, 0.29) is 29.9 Å². The van der Waals surface area contributed by atoms with E-state index in [4.69, 9.17) is 4.74 Å². The SMILES string of the molecule is CCNC(=NCc1ccccc1OC)NCCC(=O)N1CCc2sccc2C1.I. The molecule has 0 spiro atoms. The molecule has 1 amide bonds. The van der Waals surface area contributed by atoms with Crippen molar-refractivity contribution in [2.45, 2.75) is 32.9 Å². The first kappa shape index (κ1) is 23.5. The van der Waals surface area contributed by atoms with E-state index < -0.39 is 0 Å². The van der Waals surface area contributed by atoms with E-state index in [9.17, 15) is 4.79 Å². The molecule has 2 N–H and O–H groups in total. The number of ether oxygens (including phenoxy) is 1. The van der Waals surface area contributed by atoms with Crippen LogP contribution in [-0.4, -0.2) is 43.5 Å². The molecule has 158 valence electrons. The van der Waals surface area contributed by atoms with Gasteiger partial charge in [0.1, 0.15) is 5.75 Å². The average Bonchev–Trinajstić information content (AvgIpc) is 3.20. The van der Waals surface area contributed by atoms with Crippen molar-refractivity contribution in [3.63, 3.8) is 0 Å². The zero-order chi connectivity index (χ0) is 19.8. The van der Waals surface area contributed by atoms with Gasteiger partial charge in [-0.2, -0.15) is 0 Å². The van der Waals surface area contributed by atoms with Gasteiger partial charge < -0.3 is 20.3 Å². The third kappa shape index (κ3) is 6.60. The molecule has 8 heteroatoms. The Morgan fingerprint density at radius 1 is 1.28 bits per heavy atom. The summed E-state index contributed by atoms with van der Waals surface area (Å²) in [6.45, 7) is 5.41. The van der Waals surface area contributed by atoms with E-state index >= 15 is 0 Å². The predicted octanol–water partition coefficient (Wildman–Crippen LogP) is 3.40. The molecule has 1 aliphatic rings. The lowest BCUT2D eigenvalue weighted by Gasteiger charge is -2.27. The quantitative estimate of drug-likeness (QED) is 0.329. The minimum absolute atomic E-state index is 0. The maximum atomic E-state index is 12.5. The van der Waals surface area contributed by atoms with Crippen molar-refractivity contribution in [3.8, 4) is 5.75 Å². The molecule has 0 fully saturated rings. The molecule has 3 rings (SSSR count). The van der Waals surface area contributed by atoms with Gasteiger partial charge >= 0.3 is 0 Å². The molecule has 0 bridgehead atoms. The van der Waals surface area contributed by atoms with Gasteiger partial charge in [0, 0.05) is 43.0 Å². The number of fused-ring (bicyclic) bond motifs is 1. The molecular weight excluding hydrogens is 499 g/mol. The Balaban J connectivity index is 0.00000300. The van der Waals surface area contributed by atoms with Crippen LogP contribution in [0.1, 0.15) is 29.3 Å². The van der Waals surface area contributed by atoms with Crippen LogP contribution in [0.5, 0.6) is 5.75 Å². The summed E-state index contributed by atoms with van der Waals surface area (Å²) in [5, 5.41) is 8.61. The molecule has 0 saturated carbocycles. The normalized spacial score (nSPS) is 13.3. The molecule has 0 radical (unpaired) electrons. The van der Waals surface area contributed by atoms with Crippen LogP contribution in [0.25, 0.3) is 0 Å². The van der Waals surface area contributed by atoms with Crippen LogP contribution in [0.4, 0.5) is 0 Å². The summed E-state index contributed by atoms with van der Waals surface area (Å²) in [6.07, 6.45) is 1.42. The number of nitrogens with one attached hydrogen (secondary N) is 2. The van der Waals surface area contributed by atoms with Gasteiger partial charge in [-0.25, -0.2) is 4.99 Å². The first-order valence-corrected chi connectivity index (χ1v) is 10.6. The highest BCUT2D eigenvalue weighted by Crippen LogP contribution is 2.24. The second-order valence-electron chi connectivity index (χ2n) is 6.62. The van der Waals surface area contributed by atoms with E-state index in [0.29, 0.717) is 25.5 Å². The van der Waals surface area contributed by atoms with Crippen molar-refractivity contribution in [3.05, 3.63) is 51.7 Å². The number of methoxy groups -OCH3 is 1. The molecule has 6 nitrogen and oxygen atoms in total. The minimum Gasteiger partial charge on any atom is -0.496 e. The Labute approximate surface area is 193 Å². The number of hydrogen-bond donors (Lipinski definition) is 2. The lowest BCUT2D eigenvalue weighted by atomic mass is 10.1. The van der Waals surface area contributed by atoms with Gasteiger partial charge in [0.25, 0.3) is 0 Å². The first-order chi connectivity index (χ1) is 13.7. The molecule has 2 aromatic rings. The zero-order valence-electron chi connectivity index (χ0n) is 16.9. The van der Waals surface area contributed by atoms with E-state index in [2.05, 4.69) is 27.1 Å². The number of nitrogens with zero attached hydrogens (tertiary/aromatic N) is 2. The molecule has 0 aliphatic carbocycles. The number of para-hydroxylation sites is 1. The molecule has 1 aromatic carbocycles. The standard InChI is InChI=1S/C21H28N4O2S.HI/c1-3-22-21(24-14-16-6-4-5-7-18(16)27-2)23-11-8-20(26)25-12-9-19-17(15-25)10-13-28-19;/h4-7,10,13H,3,8-9,11-12,14-15H2,1-2H3,(H2,22,23,24);1H. The van der Waals surface area contributed by atoms with Crippen LogP contribution in [0, 0.1) is 0 Å².